The zero-order valence-electron chi connectivity index (χ0n) is 20.5. The molecule has 2 aliphatic heterocycles. The van der Waals surface area contributed by atoms with Gasteiger partial charge in [-0.25, -0.2) is 13.8 Å². The van der Waals surface area contributed by atoms with Gasteiger partial charge in [-0.1, -0.05) is 12.1 Å². The van der Waals surface area contributed by atoms with Crippen molar-refractivity contribution in [3.63, 3.8) is 0 Å². The van der Waals surface area contributed by atoms with E-state index in [1.807, 2.05) is 24.3 Å². The topological polar surface area (TPSA) is 54.3 Å². The molecule has 2 aliphatic rings. The Hall–Kier alpha value is -3.17. The van der Waals surface area contributed by atoms with E-state index < -0.39 is 5.67 Å². The van der Waals surface area contributed by atoms with Crippen LogP contribution in [0.3, 0.4) is 0 Å². The number of benzene rings is 1. The van der Waals surface area contributed by atoms with Gasteiger partial charge in [0.2, 0.25) is 0 Å². The first kappa shape index (κ1) is 24.2. The number of carbonyl (C=O) groups excluding carboxylic acids is 1. The molecule has 0 atom stereocenters. The Morgan fingerprint density at radius 1 is 1.05 bits per heavy atom. The van der Waals surface area contributed by atoms with Gasteiger partial charge in [-0.2, -0.15) is 0 Å². The first-order valence-electron chi connectivity index (χ1n) is 12.8. The van der Waals surface area contributed by atoms with E-state index in [9.17, 15) is 9.18 Å². The standard InChI is InChI=1S/C28H29F2N5OS/c29-20-6-7-25-24(18-20)32-26(23-5-1-2-12-31-23)35(25)21-8-13-34(14-9-21)27(36)28(30)10-15-33(16-11-28)19-22-4-3-17-37-22/h1-7,12,17-18,21H,8-11,13-16,19H2. The first-order valence-corrected chi connectivity index (χ1v) is 13.7. The minimum atomic E-state index is -1.79. The summed E-state index contributed by atoms with van der Waals surface area (Å²) in [5.74, 6) is -0.0184. The van der Waals surface area contributed by atoms with Crippen LogP contribution in [0.15, 0.2) is 60.1 Å². The molecule has 4 aromatic rings. The summed E-state index contributed by atoms with van der Waals surface area (Å²) < 4.78 is 31.9. The lowest BCUT2D eigenvalue weighted by Gasteiger charge is -2.40. The highest BCUT2D eigenvalue weighted by atomic mass is 32.1. The SMILES string of the molecule is O=C(N1CCC(n2c(-c3ccccn3)nc3cc(F)ccc32)CC1)C1(F)CCN(Cc2cccs2)CC1. The van der Waals surface area contributed by atoms with Crippen LogP contribution in [0.25, 0.3) is 22.6 Å². The van der Waals surface area contributed by atoms with Crippen LogP contribution in [0.1, 0.15) is 36.6 Å². The molecule has 3 aromatic heterocycles. The fourth-order valence-electron chi connectivity index (χ4n) is 5.63. The van der Waals surface area contributed by atoms with Crippen LogP contribution in [0.5, 0.6) is 0 Å². The molecule has 0 aliphatic carbocycles. The average molecular weight is 522 g/mol. The fraction of sp³-hybridized carbons (Fsp3) is 0.393. The normalized spacial score (nSPS) is 18.9. The minimum absolute atomic E-state index is 0.0553. The van der Waals surface area contributed by atoms with E-state index >= 15 is 4.39 Å². The molecule has 6 rings (SSSR count). The lowest BCUT2D eigenvalue weighted by atomic mass is 9.90. The molecule has 0 bridgehead atoms. The molecule has 0 saturated carbocycles. The van der Waals surface area contributed by atoms with Crippen molar-refractivity contribution in [2.24, 2.45) is 0 Å². The third-order valence-corrected chi connectivity index (χ3v) is 8.51. The highest BCUT2D eigenvalue weighted by molar-refractivity contribution is 7.09. The van der Waals surface area contributed by atoms with Gasteiger partial charge in [-0.3, -0.25) is 14.7 Å². The summed E-state index contributed by atoms with van der Waals surface area (Å²) in [6.45, 7) is 2.95. The van der Waals surface area contributed by atoms with Gasteiger partial charge in [-0.05, 0) is 48.6 Å². The van der Waals surface area contributed by atoms with Gasteiger partial charge in [-0.15, -0.1) is 11.3 Å². The quantitative estimate of drug-likeness (QED) is 0.350. The molecule has 0 radical (unpaired) electrons. The van der Waals surface area contributed by atoms with E-state index in [1.165, 1.54) is 17.0 Å². The highest BCUT2D eigenvalue weighted by Crippen LogP contribution is 2.35. The number of likely N-dealkylation sites (tertiary alicyclic amines) is 2. The number of pyridine rings is 1. The van der Waals surface area contributed by atoms with E-state index in [2.05, 4.69) is 25.9 Å². The van der Waals surface area contributed by atoms with Crippen molar-refractivity contribution in [2.75, 3.05) is 26.2 Å². The van der Waals surface area contributed by atoms with E-state index in [4.69, 9.17) is 4.98 Å². The van der Waals surface area contributed by atoms with Gasteiger partial charge >= 0.3 is 0 Å². The van der Waals surface area contributed by atoms with Crippen LogP contribution >= 0.6 is 11.3 Å². The van der Waals surface area contributed by atoms with Gasteiger partial charge < -0.3 is 9.47 Å². The van der Waals surface area contributed by atoms with E-state index in [0.29, 0.717) is 50.4 Å². The second kappa shape index (κ2) is 9.95. The van der Waals surface area contributed by atoms with E-state index in [-0.39, 0.29) is 30.6 Å². The molecule has 1 amide bonds. The van der Waals surface area contributed by atoms with Crippen LogP contribution in [-0.2, 0) is 11.3 Å². The number of nitrogens with zero attached hydrogens (tertiary/aromatic N) is 5. The van der Waals surface area contributed by atoms with Crippen LogP contribution in [0, 0.1) is 5.82 Å². The molecule has 1 aromatic carbocycles. The minimum Gasteiger partial charge on any atom is -0.340 e. The number of thiophene rings is 1. The van der Waals surface area contributed by atoms with Crippen LogP contribution in [0.2, 0.25) is 0 Å². The van der Waals surface area contributed by atoms with Gasteiger partial charge in [0.1, 0.15) is 11.5 Å². The first-order chi connectivity index (χ1) is 18.0. The fourth-order valence-corrected chi connectivity index (χ4v) is 6.38. The molecule has 0 spiro atoms. The summed E-state index contributed by atoms with van der Waals surface area (Å²) in [7, 11) is 0. The zero-order chi connectivity index (χ0) is 25.4. The largest absolute Gasteiger partial charge is 0.340 e. The number of hydrogen-bond acceptors (Lipinski definition) is 5. The lowest BCUT2D eigenvalue weighted by Crippen LogP contribution is -2.53. The predicted molar refractivity (Wildman–Crippen MR) is 140 cm³/mol. The maximum atomic E-state index is 15.8. The molecule has 2 fully saturated rings. The highest BCUT2D eigenvalue weighted by Gasteiger charge is 2.45. The Morgan fingerprint density at radius 2 is 1.86 bits per heavy atom. The Balaban J connectivity index is 1.15. The van der Waals surface area contributed by atoms with Crippen LogP contribution in [-0.4, -0.2) is 62.1 Å². The summed E-state index contributed by atoms with van der Waals surface area (Å²) in [6, 6.07) is 14.5. The van der Waals surface area contributed by atoms with E-state index in [0.717, 1.165) is 17.8 Å². The monoisotopic (exact) mass is 521 g/mol. The number of imidazole rings is 1. The molecule has 0 N–H and O–H groups in total. The summed E-state index contributed by atoms with van der Waals surface area (Å²) in [5, 5.41) is 2.05. The molecule has 6 nitrogen and oxygen atoms in total. The molecule has 192 valence electrons. The Morgan fingerprint density at radius 3 is 2.57 bits per heavy atom. The van der Waals surface area contributed by atoms with Crippen molar-refractivity contribution >= 4 is 28.3 Å². The maximum Gasteiger partial charge on any atom is 0.260 e. The number of aromatic nitrogens is 3. The molecular formula is C28H29F2N5OS. The van der Waals surface area contributed by atoms with Crippen molar-refractivity contribution in [3.05, 3.63) is 70.8 Å². The average Bonchev–Trinajstić information content (AvgIpc) is 3.58. The van der Waals surface area contributed by atoms with Crippen molar-refractivity contribution in [2.45, 2.75) is 43.9 Å². The molecule has 0 unspecified atom stereocenters. The van der Waals surface area contributed by atoms with Gasteiger partial charge in [0.25, 0.3) is 5.91 Å². The predicted octanol–water partition coefficient (Wildman–Crippen LogP) is 5.47. The lowest BCUT2D eigenvalue weighted by molar-refractivity contribution is -0.148. The number of alkyl halides is 1. The van der Waals surface area contributed by atoms with Crippen LogP contribution < -0.4 is 0 Å². The summed E-state index contributed by atoms with van der Waals surface area (Å²) >= 11 is 1.71. The van der Waals surface area contributed by atoms with Crippen LogP contribution in [0.4, 0.5) is 8.78 Å². The smallest absolute Gasteiger partial charge is 0.260 e. The third-order valence-electron chi connectivity index (χ3n) is 7.65. The van der Waals surface area contributed by atoms with E-state index in [1.54, 1.807) is 28.5 Å². The van der Waals surface area contributed by atoms with Crippen molar-refractivity contribution in [3.8, 4) is 11.5 Å². The van der Waals surface area contributed by atoms with Gasteiger partial charge in [0, 0.05) is 68.7 Å². The summed E-state index contributed by atoms with van der Waals surface area (Å²) in [6.07, 6.45) is 3.54. The number of fused-ring (bicyclic) bond motifs is 1. The second-order valence-corrected chi connectivity index (χ2v) is 11.0. The molecule has 5 heterocycles. The Labute approximate surface area is 218 Å². The van der Waals surface area contributed by atoms with Crippen molar-refractivity contribution in [1.82, 2.24) is 24.3 Å². The number of hydrogen-bond donors (Lipinski definition) is 0. The van der Waals surface area contributed by atoms with Gasteiger partial charge in [0.15, 0.2) is 11.5 Å². The number of piperidine rings is 2. The summed E-state index contributed by atoms with van der Waals surface area (Å²) in [4.78, 5) is 27.7. The molecule has 37 heavy (non-hydrogen) atoms. The number of halogens is 2. The Bertz CT molecular complexity index is 1370. The summed E-state index contributed by atoms with van der Waals surface area (Å²) in [5.41, 5.74) is 0.342. The third kappa shape index (κ3) is 4.78. The maximum absolute atomic E-state index is 15.8. The zero-order valence-corrected chi connectivity index (χ0v) is 21.3. The van der Waals surface area contributed by atoms with Gasteiger partial charge in [0.05, 0.1) is 11.0 Å². The molecule has 9 heteroatoms. The molecule has 2 saturated heterocycles. The van der Waals surface area contributed by atoms with Crippen molar-refractivity contribution in [1.29, 1.82) is 0 Å². The molecular weight excluding hydrogens is 492 g/mol. The number of carbonyl (C=O) groups is 1. The second-order valence-electron chi connectivity index (χ2n) is 10.00. The Kier molecular flexibility index (Phi) is 6.50. The number of amides is 1. The van der Waals surface area contributed by atoms with Crippen molar-refractivity contribution < 1.29 is 13.6 Å². The number of rotatable bonds is 5.